The average molecular weight is 201 g/mol. The minimum atomic E-state index is -0.0556. The summed E-state index contributed by atoms with van der Waals surface area (Å²) in [6.45, 7) is 1.34. The van der Waals surface area contributed by atoms with E-state index < -0.39 is 0 Å². The first-order valence-corrected chi connectivity index (χ1v) is 4.56. The monoisotopic (exact) mass is 201 g/mol. The van der Waals surface area contributed by atoms with Gasteiger partial charge in [0.25, 0.3) is 0 Å². The fourth-order valence-electron chi connectivity index (χ4n) is 1.32. The van der Waals surface area contributed by atoms with Crippen LogP contribution < -0.4 is 11.1 Å². The highest BCUT2D eigenvalue weighted by atomic mass is 16.5. The first kappa shape index (κ1) is 10.8. The molecule has 0 aromatic heterocycles. The van der Waals surface area contributed by atoms with Crippen LogP contribution >= 0.6 is 0 Å². The number of amidine groups is 1. The third-order valence-electron chi connectivity index (χ3n) is 2.16. The SMILES string of the molecule is NC(CNC(=O)C1CCOCC1)=NO. The molecule has 0 radical (unpaired) electrons. The smallest absolute Gasteiger partial charge is 0.223 e. The molecule has 1 amide bonds. The summed E-state index contributed by atoms with van der Waals surface area (Å²) in [5.74, 6) is -0.0550. The second-order valence-corrected chi connectivity index (χ2v) is 3.20. The van der Waals surface area contributed by atoms with Crippen molar-refractivity contribution in [1.82, 2.24) is 5.32 Å². The summed E-state index contributed by atoms with van der Waals surface area (Å²) in [7, 11) is 0. The van der Waals surface area contributed by atoms with Crippen LogP contribution in [0.5, 0.6) is 0 Å². The fraction of sp³-hybridized carbons (Fsp3) is 0.750. The van der Waals surface area contributed by atoms with Gasteiger partial charge in [-0.3, -0.25) is 4.79 Å². The van der Waals surface area contributed by atoms with Gasteiger partial charge in [-0.2, -0.15) is 0 Å². The van der Waals surface area contributed by atoms with Crippen LogP contribution in [-0.4, -0.2) is 36.7 Å². The number of ether oxygens (including phenoxy) is 1. The zero-order chi connectivity index (χ0) is 10.4. The maximum atomic E-state index is 11.5. The largest absolute Gasteiger partial charge is 0.409 e. The number of nitrogens with one attached hydrogen (secondary N) is 1. The number of carbonyl (C=O) groups is 1. The van der Waals surface area contributed by atoms with Crippen molar-refractivity contribution in [3.8, 4) is 0 Å². The highest BCUT2D eigenvalue weighted by Crippen LogP contribution is 2.14. The Morgan fingerprint density at radius 1 is 1.57 bits per heavy atom. The van der Waals surface area contributed by atoms with E-state index in [9.17, 15) is 4.79 Å². The summed E-state index contributed by atoms with van der Waals surface area (Å²) in [4.78, 5) is 11.5. The van der Waals surface area contributed by atoms with Crippen LogP contribution in [0, 0.1) is 5.92 Å². The molecule has 0 aromatic carbocycles. The standard InChI is InChI=1S/C8H15N3O3/c9-7(11-13)5-10-8(12)6-1-3-14-4-2-6/h6,13H,1-5H2,(H2,9,11)(H,10,12). The molecule has 0 saturated carbocycles. The Hall–Kier alpha value is -1.30. The Morgan fingerprint density at radius 2 is 2.21 bits per heavy atom. The molecule has 6 heteroatoms. The van der Waals surface area contributed by atoms with Crippen molar-refractivity contribution in [1.29, 1.82) is 0 Å². The minimum absolute atomic E-state index is 0.00440. The van der Waals surface area contributed by atoms with Gasteiger partial charge in [0.05, 0.1) is 6.54 Å². The molecule has 0 bridgehead atoms. The highest BCUT2D eigenvalue weighted by molar-refractivity contribution is 5.87. The van der Waals surface area contributed by atoms with Gasteiger partial charge in [0.15, 0.2) is 5.84 Å². The molecule has 0 spiro atoms. The van der Waals surface area contributed by atoms with Gasteiger partial charge in [-0.1, -0.05) is 5.16 Å². The van der Waals surface area contributed by atoms with Gasteiger partial charge < -0.3 is 21.0 Å². The van der Waals surface area contributed by atoms with Gasteiger partial charge in [-0.15, -0.1) is 0 Å². The Balaban J connectivity index is 2.26. The van der Waals surface area contributed by atoms with Crippen molar-refractivity contribution in [3.63, 3.8) is 0 Å². The molecule has 1 saturated heterocycles. The van der Waals surface area contributed by atoms with E-state index in [-0.39, 0.29) is 24.2 Å². The molecule has 0 aromatic rings. The second-order valence-electron chi connectivity index (χ2n) is 3.20. The van der Waals surface area contributed by atoms with E-state index in [1.54, 1.807) is 0 Å². The molecular formula is C8H15N3O3. The first-order chi connectivity index (χ1) is 6.74. The molecule has 1 aliphatic heterocycles. The Morgan fingerprint density at radius 3 is 2.79 bits per heavy atom. The van der Waals surface area contributed by atoms with Crippen LogP contribution in [0.1, 0.15) is 12.8 Å². The van der Waals surface area contributed by atoms with Crippen LogP contribution in [0.3, 0.4) is 0 Å². The zero-order valence-electron chi connectivity index (χ0n) is 7.90. The third-order valence-corrected chi connectivity index (χ3v) is 2.16. The summed E-state index contributed by atoms with van der Waals surface area (Å²) < 4.78 is 5.13. The van der Waals surface area contributed by atoms with Crippen molar-refractivity contribution in [3.05, 3.63) is 0 Å². The normalized spacial score (nSPS) is 19.3. The molecule has 1 rings (SSSR count). The quantitative estimate of drug-likeness (QED) is 0.243. The minimum Gasteiger partial charge on any atom is -0.409 e. The van der Waals surface area contributed by atoms with Crippen molar-refractivity contribution in [2.45, 2.75) is 12.8 Å². The number of carbonyl (C=O) groups excluding carboxylic acids is 1. The second kappa shape index (κ2) is 5.43. The lowest BCUT2D eigenvalue weighted by Crippen LogP contribution is -2.39. The summed E-state index contributed by atoms with van der Waals surface area (Å²) in [5.41, 5.74) is 5.21. The van der Waals surface area contributed by atoms with E-state index >= 15 is 0 Å². The van der Waals surface area contributed by atoms with Gasteiger partial charge >= 0.3 is 0 Å². The topological polar surface area (TPSA) is 96.9 Å². The van der Waals surface area contributed by atoms with E-state index in [1.807, 2.05) is 0 Å². The third kappa shape index (κ3) is 3.21. The fourth-order valence-corrected chi connectivity index (χ4v) is 1.32. The van der Waals surface area contributed by atoms with Gasteiger partial charge in [0.1, 0.15) is 0 Å². The number of rotatable bonds is 3. The molecule has 0 unspecified atom stereocenters. The molecule has 1 fully saturated rings. The Kier molecular flexibility index (Phi) is 4.18. The number of amides is 1. The van der Waals surface area contributed by atoms with Crippen LogP contribution in [-0.2, 0) is 9.53 Å². The number of hydrogen-bond donors (Lipinski definition) is 3. The predicted octanol–water partition coefficient (Wildman–Crippen LogP) is -0.724. The molecule has 1 aliphatic rings. The van der Waals surface area contributed by atoms with Crippen molar-refractivity contribution in [2.24, 2.45) is 16.8 Å². The molecule has 4 N–H and O–H groups in total. The lowest BCUT2D eigenvalue weighted by molar-refractivity contribution is -0.127. The Bertz CT molecular complexity index is 224. The van der Waals surface area contributed by atoms with Crippen LogP contribution in [0.25, 0.3) is 0 Å². The molecule has 0 atom stereocenters. The van der Waals surface area contributed by atoms with E-state index in [2.05, 4.69) is 10.5 Å². The predicted molar refractivity (Wildman–Crippen MR) is 50.0 cm³/mol. The van der Waals surface area contributed by atoms with E-state index in [0.29, 0.717) is 13.2 Å². The zero-order valence-corrected chi connectivity index (χ0v) is 7.90. The lowest BCUT2D eigenvalue weighted by atomic mass is 9.99. The maximum absolute atomic E-state index is 11.5. The van der Waals surface area contributed by atoms with Crippen molar-refractivity contribution in [2.75, 3.05) is 19.8 Å². The van der Waals surface area contributed by atoms with Gasteiger partial charge in [0, 0.05) is 19.1 Å². The van der Waals surface area contributed by atoms with E-state index in [0.717, 1.165) is 12.8 Å². The van der Waals surface area contributed by atoms with Crippen molar-refractivity contribution >= 4 is 11.7 Å². The van der Waals surface area contributed by atoms with Crippen molar-refractivity contribution < 1.29 is 14.7 Å². The number of nitrogens with two attached hydrogens (primary N) is 1. The average Bonchev–Trinajstić information content (AvgIpc) is 2.26. The van der Waals surface area contributed by atoms with Crippen LogP contribution in [0.15, 0.2) is 5.16 Å². The molecule has 1 heterocycles. The van der Waals surface area contributed by atoms with Gasteiger partial charge in [-0.25, -0.2) is 0 Å². The Labute approximate surface area is 82.1 Å². The summed E-state index contributed by atoms with van der Waals surface area (Å²) in [6, 6.07) is 0. The summed E-state index contributed by atoms with van der Waals surface area (Å²) in [6.07, 6.45) is 1.48. The van der Waals surface area contributed by atoms with Gasteiger partial charge in [-0.05, 0) is 12.8 Å². The summed E-state index contributed by atoms with van der Waals surface area (Å²) in [5, 5.41) is 13.6. The molecule has 14 heavy (non-hydrogen) atoms. The van der Waals surface area contributed by atoms with Crippen LogP contribution in [0.4, 0.5) is 0 Å². The van der Waals surface area contributed by atoms with E-state index in [1.165, 1.54) is 0 Å². The number of oxime groups is 1. The first-order valence-electron chi connectivity index (χ1n) is 4.56. The van der Waals surface area contributed by atoms with Crippen LogP contribution in [0.2, 0.25) is 0 Å². The molecule has 6 nitrogen and oxygen atoms in total. The summed E-state index contributed by atoms with van der Waals surface area (Å²) >= 11 is 0. The molecule has 80 valence electrons. The van der Waals surface area contributed by atoms with E-state index in [4.69, 9.17) is 15.7 Å². The number of hydrogen-bond acceptors (Lipinski definition) is 4. The lowest BCUT2D eigenvalue weighted by Gasteiger charge is -2.20. The van der Waals surface area contributed by atoms with Gasteiger partial charge in [0.2, 0.25) is 5.91 Å². The molecule has 0 aliphatic carbocycles. The maximum Gasteiger partial charge on any atom is 0.223 e. The highest BCUT2D eigenvalue weighted by Gasteiger charge is 2.21. The molecular weight excluding hydrogens is 186 g/mol. The number of nitrogens with zero attached hydrogens (tertiary/aromatic N) is 1.